The third-order valence-corrected chi connectivity index (χ3v) is 3.40. The first-order valence-corrected chi connectivity index (χ1v) is 7.37. The topological polar surface area (TPSA) is 70.6 Å². The van der Waals surface area contributed by atoms with Gasteiger partial charge in [-0.2, -0.15) is 0 Å². The molecule has 0 bridgehead atoms. The Morgan fingerprint density at radius 2 is 1.95 bits per heavy atom. The SMILES string of the molecule is Cc1ccc(OCCCNC(=O)NC(C)C(C)CO)cc1. The number of aliphatic hydroxyl groups excluding tert-OH is 1. The van der Waals surface area contributed by atoms with Gasteiger partial charge in [0.15, 0.2) is 0 Å². The monoisotopic (exact) mass is 294 g/mol. The first-order chi connectivity index (χ1) is 10.0. The van der Waals surface area contributed by atoms with Crippen LogP contribution >= 0.6 is 0 Å². The summed E-state index contributed by atoms with van der Waals surface area (Å²) in [6, 6.07) is 7.62. The molecule has 1 aromatic rings. The van der Waals surface area contributed by atoms with Gasteiger partial charge in [-0.1, -0.05) is 24.6 Å². The summed E-state index contributed by atoms with van der Waals surface area (Å²) in [6.45, 7) is 6.97. The number of hydrogen-bond acceptors (Lipinski definition) is 3. The second kappa shape index (κ2) is 9.23. The molecule has 5 nitrogen and oxygen atoms in total. The number of hydrogen-bond donors (Lipinski definition) is 3. The minimum Gasteiger partial charge on any atom is -0.494 e. The summed E-state index contributed by atoms with van der Waals surface area (Å²) in [5.74, 6) is 0.885. The Kier molecular flexibility index (Phi) is 7.61. The zero-order chi connectivity index (χ0) is 15.7. The highest BCUT2D eigenvalue weighted by molar-refractivity contribution is 5.74. The van der Waals surface area contributed by atoms with Crippen molar-refractivity contribution in [3.05, 3.63) is 29.8 Å². The number of aryl methyl sites for hydroxylation is 1. The summed E-state index contributed by atoms with van der Waals surface area (Å²) in [4.78, 5) is 11.6. The van der Waals surface area contributed by atoms with Gasteiger partial charge in [0.2, 0.25) is 0 Å². The molecular weight excluding hydrogens is 268 g/mol. The summed E-state index contributed by atoms with van der Waals surface area (Å²) in [5.41, 5.74) is 1.20. The van der Waals surface area contributed by atoms with E-state index < -0.39 is 0 Å². The Morgan fingerprint density at radius 3 is 2.57 bits per heavy atom. The molecule has 0 saturated heterocycles. The predicted octanol–water partition coefficient (Wildman–Crippen LogP) is 2.08. The maximum atomic E-state index is 11.6. The zero-order valence-corrected chi connectivity index (χ0v) is 13.1. The summed E-state index contributed by atoms with van der Waals surface area (Å²) in [5, 5.41) is 14.6. The standard InChI is InChI=1S/C16H26N2O3/c1-12-5-7-15(8-6-12)21-10-4-9-17-16(20)18-14(3)13(2)11-19/h5-8,13-14,19H,4,9-11H2,1-3H3,(H2,17,18,20). The lowest BCUT2D eigenvalue weighted by Gasteiger charge is -2.19. The number of nitrogens with one attached hydrogen (secondary N) is 2. The molecule has 2 atom stereocenters. The van der Waals surface area contributed by atoms with Crippen molar-refractivity contribution in [1.29, 1.82) is 0 Å². The Bertz CT molecular complexity index is 420. The fourth-order valence-electron chi connectivity index (χ4n) is 1.66. The van der Waals surface area contributed by atoms with Crippen molar-refractivity contribution in [3.63, 3.8) is 0 Å². The Labute approximate surface area is 126 Å². The van der Waals surface area contributed by atoms with E-state index in [0.717, 1.165) is 12.2 Å². The van der Waals surface area contributed by atoms with E-state index in [1.54, 1.807) is 0 Å². The molecule has 0 heterocycles. The first-order valence-electron chi connectivity index (χ1n) is 7.37. The van der Waals surface area contributed by atoms with Gasteiger partial charge in [-0.3, -0.25) is 0 Å². The largest absolute Gasteiger partial charge is 0.494 e. The Morgan fingerprint density at radius 1 is 1.29 bits per heavy atom. The highest BCUT2D eigenvalue weighted by atomic mass is 16.5. The van der Waals surface area contributed by atoms with Gasteiger partial charge in [0, 0.05) is 19.2 Å². The summed E-state index contributed by atoms with van der Waals surface area (Å²) in [6.07, 6.45) is 0.741. The van der Waals surface area contributed by atoms with E-state index in [2.05, 4.69) is 10.6 Å². The fraction of sp³-hybridized carbons (Fsp3) is 0.562. The number of benzene rings is 1. The number of rotatable bonds is 8. The molecule has 1 aromatic carbocycles. The second-order valence-electron chi connectivity index (χ2n) is 5.36. The van der Waals surface area contributed by atoms with Crippen molar-refractivity contribution in [2.24, 2.45) is 5.92 Å². The smallest absolute Gasteiger partial charge is 0.315 e. The molecule has 21 heavy (non-hydrogen) atoms. The van der Waals surface area contributed by atoms with E-state index in [4.69, 9.17) is 9.84 Å². The van der Waals surface area contributed by atoms with Crippen molar-refractivity contribution in [2.45, 2.75) is 33.2 Å². The van der Waals surface area contributed by atoms with Crippen molar-refractivity contribution < 1.29 is 14.6 Å². The van der Waals surface area contributed by atoms with Crippen LogP contribution in [0.2, 0.25) is 0 Å². The Hall–Kier alpha value is -1.75. The molecule has 0 aliphatic carbocycles. The van der Waals surface area contributed by atoms with E-state index >= 15 is 0 Å². The molecule has 3 N–H and O–H groups in total. The molecule has 2 unspecified atom stereocenters. The molecule has 0 aromatic heterocycles. The van der Waals surface area contributed by atoms with Gasteiger partial charge in [0.1, 0.15) is 5.75 Å². The van der Waals surface area contributed by atoms with Crippen LogP contribution in [0.1, 0.15) is 25.8 Å². The number of carbonyl (C=O) groups excluding carboxylic acids is 1. The van der Waals surface area contributed by atoms with Crippen LogP contribution in [0.15, 0.2) is 24.3 Å². The number of amides is 2. The summed E-state index contributed by atoms with van der Waals surface area (Å²) >= 11 is 0. The van der Waals surface area contributed by atoms with Crippen LogP contribution in [-0.4, -0.2) is 36.9 Å². The lowest BCUT2D eigenvalue weighted by Crippen LogP contribution is -2.44. The van der Waals surface area contributed by atoms with Crippen LogP contribution in [0, 0.1) is 12.8 Å². The van der Waals surface area contributed by atoms with E-state index in [9.17, 15) is 4.79 Å². The lowest BCUT2D eigenvalue weighted by atomic mass is 10.1. The first kappa shape index (κ1) is 17.3. The fourth-order valence-corrected chi connectivity index (χ4v) is 1.66. The van der Waals surface area contributed by atoms with E-state index in [1.165, 1.54) is 5.56 Å². The number of ether oxygens (including phenoxy) is 1. The molecule has 2 amide bonds. The van der Waals surface area contributed by atoms with Crippen molar-refractivity contribution >= 4 is 6.03 Å². The summed E-state index contributed by atoms with van der Waals surface area (Å²) in [7, 11) is 0. The third-order valence-electron chi connectivity index (χ3n) is 3.40. The lowest BCUT2D eigenvalue weighted by molar-refractivity contribution is 0.200. The maximum Gasteiger partial charge on any atom is 0.315 e. The molecule has 1 rings (SSSR count). The van der Waals surface area contributed by atoms with Gasteiger partial charge in [0.05, 0.1) is 6.61 Å². The van der Waals surface area contributed by atoms with Gasteiger partial charge in [-0.15, -0.1) is 0 Å². The molecule has 118 valence electrons. The van der Waals surface area contributed by atoms with E-state index in [1.807, 2.05) is 45.0 Å². The minimum atomic E-state index is -0.210. The molecule has 0 fully saturated rings. The van der Waals surface area contributed by atoms with Gasteiger partial charge < -0.3 is 20.5 Å². The second-order valence-corrected chi connectivity index (χ2v) is 5.36. The van der Waals surface area contributed by atoms with Crippen LogP contribution in [0.3, 0.4) is 0 Å². The van der Waals surface area contributed by atoms with Crippen molar-refractivity contribution in [3.8, 4) is 5.75 Å². The predicted molar refractivity (Wildman–Crippen MR) is 83.5 cm³/mol. The molecule has 0 aliphatic heterocycles. The van der Waals surface area contributed by atoms with Crippen molar-refractivity contribution in [1.82, 2.24) is 10.6 Å². The highest BCUT2D eigenvalue weighted by Crippen LogP contribution is 2.11. The van der Waals surface area contributed by atoms with E-state index in [-0.39, 0.29) is 24.6 Å². The van der Waals surface area contributed by atoms with Crippen molar-refractivity contribution in [2.75, 3.05) is 19.8 Å². The van der Waals surface area contributed by atoms with Gasteiger partial charge in [-0.05, 0) is 38.3 Å². The van der Waals surface area contributed by atoms with Crippen LogP contribution < -0.4 is 15.4 Å². The zero-order valence-electron chi connectivity index (χ0n) is 13.1. The van der Waals surface area contributed by atoms with Crippen LogP contribution in [-0.2, 0) is 0 Å². The van der Waals surface area contributed by atoms with Crippen LogP contribution in [0.5, 0.6) is 5.75 Å². The normalized spacial score (nSPS) is 13.3. The van der Waals surface area contributed by atoms with Gasteiger partial charge in [0.25, 0.3) is 0 Å². The van der Waals surface area contributed by atoms with Crippen LogP contribution in [0.25, 0.3) is 0 Å². The number of carbonyl (C=O) groups is 1. The maximum absolute atomic E-state index is 11.6. The highest BCUT2D eigenvalue weighted by Gasteiger charge is 2.13. The number of urea groups is 1. The molecule has 0 saturated carbocycles. The molecule has 0 spiro atoms. The van der Waals surface area contributed by atoms with Gasteiger partial charge >= 0.3 is 6.03 Å². The van der Waals surface area contributed by atoms with Crippen LogP contribution in [0.4, 0.5) is 4.79 Å². The van der Waals surface area contributed by atoms with Gasteiger partial charge in [-0.25, -0.2) is 4.79 Å². The molecule has 5 heteroatoms. The van der Waals surface area contributed by atoms with E-state index in [0.29, 0.717) is 13.2 Å². The quantitative estimate of drug-likeness (QED) is 0.643. The third kappa shape index (κ3) is 6.99. The minimum absolute atomic E-state index is 0.0422. The molecule has 0 radical (unpaired) electrons. The average Bonchev–Trinajstić information content (AvgIpc) is 2.47. The number of aliphatic hydroxyl groups is 1. The average molecular weight is 294 g/mol. The molecule has 0 aliphatic rings. The summed E-state index contributed by atoms with van der Waals surface area (Å²) < 4.78 is 5.57. The molecular formula is C16H26N2O3. The Balaban J connectivity index is 2.11.